The molecule has 0 heterocycles. The number of rotatable bonds is 10. The number of ether oxygens (including phenoxy) is 2. The molecule has 1 N–H and O–H groups in total. The summed E-state index contributed by atoms with van der Waals surface area (Å²) in [6, 6.07) is 15.0. The van der Waals surface area contributed by atoms with Crippen molar-refractivity contribution in [3.8, 4) is 11.5 Å². The van der Waals surface area contributed by atoms with E-state index in [4.69, 9.17) is 9.47 Å². The minimum Gasteiger partial charge on any atom is -0.490 e. The zero-order valence-corrected chi connectivity index (χ0v) is 14.4. The van der Waals surface area contributed by atoms with Crippen LogP contribution in [0.15, 0.2) is 48.5 Å². The highest BCUT2D eigenvalue weighted by Gasteiger charge is 2.09. The number of nitrogens with one attached hydrogen (secondary N) is 1. The van der Waals surface area contributed by atoms with Crippen LogP contribution in [0, 0.1) is 0 Å². The van der Waals surface area contributed by atoms with Gasteiger partial charge in [-0.05, 0) is 43.5 Å². The van der Waals surface area contributed by atoms with Crippen LogP contribution in [0.4, 0.5) is 0 Å². The summed E-state index contributed by atoms with van der Waals surface area (Å²) in [5, 5.41) is 2.84. The second-order valence-corrected chi connectivity index (χ2v) is 5.48. The van der Waals surface area contributed by atoms with E-state index in [2.05, 4.69) is 17.4 Å². The van der Waals surface area contributed by atoms with Crippen molar-refractivity contribution in [3.05, 3.63) is 59.7 Å². The molecule has 1 amide bonds. The quantitative estimate of drug-likeness (QED) is 0.533. The lowest BCUT2D eigenvalue weighted by Crippen LogP contribution is -2.30. The van der Waals surface area contributed by atoms with Gasteiger partial charge in [0.25, 0.3) is 5.91 Å². The van der Waals surface area contributed by atoms with E-state index in [9.17, 15) is 9.59 Å². The van der Waals surface area contributed by atoms with Crippen LogP contribution in [0.25, 0.3) is 0 Å². The maximum absolute atomic E-state index is 11.9. The second-order valence-electron chi connectivity index (χ2n) is 5.48. The van der Waals surface area contributed by atoms with Gasteiger partial charge in [-0.1, -0.05) is 30.3 Å². The van der Waals surface area contributed by atoms with Crippen molar-refractivity contribution in [1.29, 1.82) is 0 Å². The fourth-order valence-electron chi connectivity index (χ4n) is 2.34. The Bertz CT molecular complexity index is 685. The Hall–Kier alpha value is -2.82. The Balaban J connectivity index is 1.75. The van der Waals surface area contributed by atoms with E-state index in [-0.39, 0.29) is 12.5 Å². The van der Waals surface area contributed by atoms with Gasteiger partial charge in [-0.2, -0.15) is 0 Å². The summed E-state index contributed by atoms with van der Waals surface area (Å²) < 4.78 is 11.0. The van der Waals surface area contributed by atoms with E-state index in [1.165, 1.54) is 5.56 Å². The maximum Gasteiger partial charge on any atom is 0.257 e. The zero-order valence-electron chi connectivity index (χ0n) is 14.4. The van der Waals surface area contributed by atoms with Gasteiger partial charge in [-0.15, -0.1) is 0 Å². The summed E-state index contributed by atoms with van der Waals surface area (Å²) in [4.78, 5) is 22.7. The van der Waals surface area contributed by atoms with E-state index in [1.807, 2.05) is 25.1 Å². The first-order valence-corrected chi connectivity index (χ1v) is 8.38. The lowest BCUT2D eigenvalue weighted by molar-refractivity contribution is -0.123. The van der Waals surface area contributed by atoms with Crippen molar-refractivity contribution in [2.24, 2.45) is 0 Å². The standard InChI is InChI=1S/C20H23NO4/c1-2-24-19-13-17(14-22)10-11-18(19)25-15-20(23)21-12-6-9-16-7-4-3-5-8-16/h3-5,7-8,10-11,13-14H,2,6,9,12,15H2,1H3,(H,21,23). The van der Waals surface area contributed by atoms with Gasteiger partial charge in [-0.3, -0.25) is 9.59 Å². The predicted molar refractivity (Wildman–Crippen MR) is 96.3 cm³/mol. The van der Waals surface area contributed by atoms with Crippen molar-refractivity contribution < 1.29 is 19.1 Å². The Morgan fingerprint density at radius 1 is 1.08 bits per heavy atom. The normalized spacial score (nSPS) is 10.1. The molecule has 0 bridgehead atoms. The van der Waals surface area contributed by atoms with Gasteiger partial charge in [0.05, 0.1) is 6.61 Å². The molecule has 0 atom stereocenters. The molecule has 0 saturated heterocycles. The number of carbonyl (C=O) groups excluding carboxylic acids is 2. The minimum atomic E-state index is -0.185. The monoisotopic (exact) mass is 341 g/mol. The van der Waals surface area contributed by atoms with E-state index in [0.29, 0.717) is 30.2 Å². The van der Waals surface area contributed by atoms with E-state index in [0.717, 1.165) is 19.1 Å². The Kier molecular flexibility index (Phi) is 7.50. The third-order valence-electron chi connectivity index (χ3n) is 3.57. The lowest BCUT2D eigenvalue weighted by Gasteiger charge is -2.12. The number of benzene rings is 2. The van der Waals surface area contributed by atoms with Crippen molar-refractivity contribution in [2.75, 3.05) is 19.8 Å². The number of aryl methyl sites for hydroxylation is 1. The van der Waals surface area contributed by atoms with Gasteiger partial charge in [0.1, 0.15) is 6.29 Å². The van der Waals surface area contributed by atoms with Gasteiger partial charge in [0, 0.05) is 12.1 Å². The number of amides is 1. The van der Waals surface area contributed by atoms with Gasteiger partial charge >= 0.3 is 0 Å². The number of hydrogen-bond donors (Lipinski definition) is 1. The van der Waals surface area contributed by atoms with Crippen LogP contribution in [0.5, 0.6) is 11.5 Å². The summed E-state index contributed by atoms with van der Waals surface area (Å²) in [6.07, 6.45) is 2.53. The van der Waals surface area contributed by atoms with Crippen LogP contribution < -0.4 is 14.8 Å². The molecule has 0 aliphatic heterocycles. The average molecular weight is 341 g/mol. The van der Waals surface area contributed by atoms with Gasteiger partial charge in [-0.25, -0.2) is 0 Å². The molecule has 25 heavy (non-hydrogen) atoms. The first-order valence-electron chi connectivity index (χ1n) is 8.38. The van der Waals surface area contributed by atoms with E-state index >= 15 is 0 Å². The Morgan fingerprint density at radius 2 is 1.88 bits per heavy atom. The molecule has 0 aromatic heterocycles. The molecule has 0 aliphatic carbocycles. The zero-order chi connectivity index (χ0) is 17.9. The highest BCUT2D eigenvalue weighted by molar-refractivity contribution is 5.78. The molecule has 5 heteroatoms. The molecular formula is C20H23NO4. The molecule has 0 spiro atoms. The van der Waals surface area contributed by atoms with E-state index in [1.54, 1.807) is 18.2 Å². The van der Waals surface area contributed by atoms with Crippen LogP contribution in [0.1, 0.15) is 29.3 Å². The first-order chi connectivity index (χ1) is 12.2. The highest BCUT2D eigenvalue weighted by Crippen LogP contribution is 2.27. The molecule has 2 aromatic carbocycles. The van der Waals surface area contributed by atoms with Gasteiger partial charge < -0.3 is 14.8 Å². The Labute approximate surface area is 148 Å². The molecule has 0 radical (unpaired) electrons. The molecule has 2 rings (SSSR count). The van der Waals surface area contributed by atoms with Crippen LogP contribution >= 0.6 is 0 Å². The maximum atomic E-state index is 11.9. The number of hydrogen-bond acceptors (Lipinski definition) is 4. The third-order valence-corrected chi connectivity index (χ3v) is 3.57. The van der Waals surface area contributed by atoms with Crippen molar-refractivity contribution in [2.45, 2.75) is 19.8 Å². The largest absolute Gasteiger partial charge is 0.490 e. The molecule has 2 aromatic rings. The fraction of sp³-hybridized carbons (Fsp3) is 0.300. The van der Waals surface area contributed by atoms with Crippen molar-refractivity contribution >= 4 is 12.2 Å². The van der Waals surface area contributed by atoms with Gasteiger partial charge in [0.15, 0.2) is 18.1 Å². The smallest absolute Gasteiger partial charge is 0.257 e. The molecular weight excluding hydrogens is 318 g/mol. The van der Waals surface area contributed by atoms with Crippen LogP contribution in [0.2, 0.25) is 0 Å². The predicted octanol–water partition coefficient (Wildman–Crippen LogP) is 3.03. The SMILES string of the molecule is CCOc1cc(C=O)ccc1OCC(=O)NCCCc1ccccc1. The molecule has 5 nitrogen and oxygen atoms in total. The van der Waals surface area contributed by atoms with Crippen LogP contribution in [0.3, 0.4) is 0 Å². The Morgan fingerprint density at radius 3 is 2.60 bits per heavy atom. The minimum absolute atomic E-state index is 0.0914. The van der Waals surface area contributed by atoms with Crippen molar-refractivity contribution in [1.82, 2.24) is 5.32 Å². The summed E-state index contributed by atoms with van der Waals surface area (Å²) in [7, 11) is 0. The summed E-state index contributed by atoms with van der Waals surface area (Å²) in [5.41, 5.74) is 1.76. The second kappa shape index (κ2) is 10.1. The number of aldehydes is 1. The molecule has 132 valence electrons. The molecule has 0 fully saturated rings. The summed E-state index contributed by atoms with van der Waals surface area (Å²) >= 11 is 0. The third kappa shape index (κ3) is 6.30. The van der Waals surface area contributed by atoms with Crippen molar-refractivity contribution in [3.63, 3.8) is 0 Å². The average Bonchev–Trinajstić information content (AvgIpc) is 2.65. The first kappa shape index (κ1) is 18.5. The summed E-state index contributed by atoms with van der Waals surface area (Å²) in [5.74, 6) is 0.728. The van der Waals surface area contributed by atoms with Crippen LogP contribution in [-0.2, 0) is 11.2 Å². The van der Waals surface area contributed by atoms with Gasteiger partial charge in [0.2, 0.25) is 0 Å². The fourth-order valence-corrected chi connectivity index (χ4v) is 2.34. The van der Waals surface area contributed by atoms with E-state index < -0.39 is 0 Å². The molecule has 0 saturated carbocycles. The molecule has 0 unspecified atom stereocenters. The number of carbonyl (C=O) groups is 2. The van der Waals surface area contributed by atoms with Crippen LogP contribution in [-0.4, -0.2) is 32.0 Å². The highest BCUT2D eigenvalue weighted by atomic mass is 16.5. The topological polar surface area (TPSA) is 64.6 Å². The molecule has 0 aliphatic rings. The lowest BCUT2D eigenvalue weighted by atomic mass is 10.1. The summed E-state index contributed by atoms with van der Waals surface area (Å²) in [6.45, 7) is 2.80.